The first kappa shape index (κ1) is 28.6. The van der Waals surface area contributed by atoms with E-state index in [1.165, 1.54) is 25.9 Å². The summed E-state index contributed by atoms with van der Waals surface area (Å²) in [5.41, 5.74) is 0.364. The molecule has 36 heavy (non-hydrogen) atoms. The van der Waals surface area contributed by atoms with Gasteiger partial charge in [-0.05, 0) is 55.0 Å². The summed E-state index contributed by atoms with van der Waals surface area (Å²) < 4.78 is 50.2. The zero-order valence-corrected chi connectivity index (χ0v) is 23.0. The van der Waals surface area contributed by atoms with Crippen molar-refractivity contribution < 1.29 is 41.9 Å². The predicted octanol–water partition coefficient (Wildman–Crippen LogP) is 4.68. The van der Waals surface area contributed by atoms with E-state index in [-0.39, 0.29) is 12.3 Å². The minimum atomic E-state index is -2.86. The van der Waals surface area contributed by atoms with Gasteiger partial charge < -0.3 is 27.9 Å². The Morgan fingerprint density at radius 2 is 1.58 bits per heavy atom. The van der Waals surface area contributed by atoms with E-state index in [4.69, 9.17) is 25.4 Å². The fourth-order valence-electron chi connectivity index (χ4n) is 3.77. The Kier molecular flexibility index (Phi) is 9.92. The van der Waals surface area contributed by atoms with Gasteiger partial charge in [-0.25, -0.2) is 0 Å². The van der Waals surface area contributed by atoms with Crippen LogP contribution in [0.5, 0.6) is 5.75 Å². The number of carbonyl (C=O) groups is 1. The molecule has 0 radical (unpaired) electrons. The fraction of sp³-hybridized carbons (Fsp3) is 0.348. The predicted molar refractivity (Wildman–Crippen MR) is 137 cm³/mol. The normalized spacial score (nSPS) is 14.9. The molecule has 0 bridgehead atoms. The lowest BCUT2D eigenvalue weighted by Gasteiger charge is -2.27. The van der Waals surface area contributed by atoms with Crippen LogP contribution in [-0.2, 0) is 33.6 Å². The number of aliphatic hydroxyl groups is 1. The zero-order chi connectivity index (χ0) is 26.5. The van der Waals surface area contributed by atoms with E-state index in [9.17, 15) is 19.0 Å². The van der Waals surface area contributed by atoms with Gasteiger partial charge in [-0.15, -0.1) is 0 Å². The molecule has 2 unspecified atom stereocenters. The smallest absolute Gasteiger partial charge is 0.318 e. The average molecular weight is 560 g/mol. The second-order valence-corrected chi connectivity index (χ2v) is 10.8. The van der Waals surface area contributed by atoms with Gasteiger partial charge >= 0.3 is 16.5 Å². The highest BCUT2D eigenvalue weighted by Crippen LogP contribution is 2.35. The average Bonchev–Trinajstić information content (AvgIpc) is 3.15. The highest BCUT2D eigenvalue weighted by atomic mass is 35.5. The fourth-order valence-corrected chi connectivity index (χ4v) is 4.91. The van der Waals surface area contributed by atoms with Gasteiger partial charge in [0.2, 0.25) is 0 Å². The molecule has 0 saturated carbocycles. The summed E-state index contributed by atoms with van der Waals surface area (Å²) in [7, 11) is -1.77. The third-order valence-corrected chi connectivity index (χ3v) is 7.27. The van der Waals surface area contributed by atoms with Crippen LogP contribution in [-0.4, -0.2) is 55.7 Å². The first-order valence-electron chi connectivity index (χ1n) is 10.7. The molecule has 1 N–H and O–H groups in total. The number of methoxy groups -OCH3 is 1. The molecule has 0 aliphatic heterocycles. The van der Waals surface area contributed by atoms with Crippen LogP contribution in [0, 0.1) is 6.92 Å². The number of rotatable bonds is 12. The van der Waals surface area contributed by atoms with Crippen molar-refractivity contribution in [2.45, 2.75) is 18.9 Å². The van der Waals surface area contributed by atoms with Gasteiger partial charge in [0, 0.05) is 42.3 Å². The summed E-state index contributed by atoms with van der Waals surface area (Å²) in [6, 6.07) is 11.7. The lowest BCUT2D eigenvalue weighted by molar-refractivity contribution is -0.0412. The van der Waals surface area contributed by atoms with Crippen molar-refractivity contribution in [1.82, 2.24) is 4.57 Å². The molecular weight excluding hydrogens is 532 g/mol. The van der Waals surface area contributed by atoms with Crippen LogP contribution < -0.4 is 4.74 Å². The Morgan fingerprint density at radius 3 is 2.11 bits per heavy atom. The number of halogens is 1. The summed E-state index contributed by atoms with van der Waals surface area (Å²) in [6.07, 6.45) is -0.0961. The van der Waals surface area contributed by atoms with Gasteiger partial charge in [0.25, 0.3) is 5.91 Å². The van der Waals surface area contributed by atoms with Gasteiger partial charge in [-0.3, -0.25) is 18.5 Å². The molecule has 0 spiro atoms. The van der Waals surface area contributed by atoms with Crippen molar-refractivity contribution >= 4 is 44.9 Å². The Hall–Kier alpha value is -2.00. The van der Waals surface area contributed by atoms with Crippen molar-refractivity contribution in [2.24, 2.45) is 0 Å². The molecule has 3 aromatic rings. The van der Waals surface area contributed by atoms with Crippen molar-refractivity contribution in [3.63, 3.8) is 0 Å². The van der Waals surface area contributed by atoms with Gasteiger partial charge in [0.1, 0.15) is 11.4 Å². The van der Waals surface area contributed by atoms with E-state index in [1.54, 1.807) is 49.4 Å². The van der Waals surface area contributed by atoms with E-state index >= 15 is 0 Å². The number of aromatic nitrogens is 1. The maximum Gasteiger partial charge on any atom is 0.318 e. The molecule has 1 heterocycles. The SMILES string of the molecule is COc1ccc2c(c1)c(CC(O)(CO[PH](=O)OC)CO[PH](=O)OC)c(C)n2C(=O)c1ccc(Cl)cc1. The summed E-state index contributed by atoms with van der Waals surface area (Å²) >= 11 is 5.98. The molecule has 1 aromatic heterocycles. The van der Waals surface area contributed by atoms with Crippen LogP contribution in [0.1, 0.15) is 21.6 Å². The highest BCUT2D eigenvalue weighted by molar-refractivity contribution is 7.33. The minimum absolute atomic E-state index is 0.0961. The quantitative estimate of drug-likeness (QED) is 0.315. The van der Waals surface area contributed by atoms with E-state index in [1.807, 2.05) is 0 Å². The molecular formula is C23H28ClNO9P2. The van der Waals surface area contributed by atoms with Crippen LogP contribution in [0.2, 0.25) is 5.02 Å². The Morgan fingerprint density at radius 1 is 1.00 bits per heavy atom. The van der Waals surface area contributed by atoms with E-state index in [0.29, 0.717) is 38.5 Å². The lowest BCUT2D eigenvalue weighted by Crippen LogP contribution is -2.41. The van der Waals surface area contributed by atoms with Crippen LogP contribution in [0.25, 0.3) is 10.9 Å². The molecule has 3 rings (SSSR count). The van der Waals surface area contributed by atoms with Crippen molar-refractivity contribution in [1.29, 1.82) is 0 Å². The first-order valence-corrected chi connectivity index (χ1v) is 13.6. The van der Waals surface area contributed by atoms with Gasteiger partial charge in [-0.2, -0.15) is 0 Å². The second-order valence-electron chi connectivity index (χ2n) is 7.98. The lowest BCUT2D eigenvalue weighted by atomic mass is 9.94. The summed E-state index contributed by atoms with van der Waals surface area (Å²) in [4.78, 5) is 13.5. The molecule has 196 valence electrons. The molecule has 10 nitrogen and oxygen atoms in total. The number of hydrogen-bond acceptors (Lipinski definition) is 9. The van der Waals surface area contributed by atoms with Gasteiger partial charge in [0.05, 0.1) is 25.8 Å². The minimum Gasteiger partial charge on any atom is -0.497 e. The number of nitrogens with zero attached hydrogens (tertiary/aromatic N) is 1. The van der Waals surface area contributed by atoms with Crippen LogP contribution >= 0.6 is 28.1 Å². The molecule has 0 fully saturated rings. The van der Waals surface area contributed by atoms with Crippen molar-refractivity contribution in [3.05, 3.63) is 64.3 Å². The summed E-state index contributed by atoms with van der Waals surface area (Å²) in [5.74, 6) is 0.250. The third kappa shape index (κ3) is 6.65. The second kappa shape index (κ2) is 12.5. The molecule has 0 saturated heterocycles. The molecule has 0 aliphatic carbocycles. The van der Waals surface area contributed by atoms with Crippen LogP contribution in [0.4, 0.5) is 0 Å². The Balaban J connectivity index is 2.11. The first-order chi connectivity index (χ1) is 17.1. The summed E-state index contributed by atoms with van der Waals surface area (Å²) in [6.45, 7) is 0.852. The molecule has 0 aliphatic rings. The molecule has 13 heteroatoms. The number of benzene rings is 2. The maximum atomic E-state index is 13.5. The van der Waals surface area contributed by atoms with E-state index in [0.717, 1.165) is 0 Å². The van der Waals surface area contributed by atoms with E-state index < -0.39 is 35.3 Å². The topological polar surface area (TPSA) is 123 Å². The monoisotopic (exact) mass is 559 g/mol. The van der Waals surface area contributed by atoms with E-state index in [2.05, 4.69) is 9.05 Å². The van der Waals surface area contributed by atoms with Crippen molar-refractivity contribution in [2.75, 3.05) is 34.5 Å². The highest BCUT2D eigenvalue weighted by Gasteiger charge is 2.33. The maximum absolute atomic E-state index is 13.5. The zero-order valence-electron chi connectivity index (χ0n) is 20.2. The molecule has 0 amide bonds. The standard InChI is InChI=1S/C23H28ClNO9P2/c1-15-20(12-23(27,13-33-35(28)31-3)14-34-36(29)32-4)19-11-18(30-2)9-10-21(19)25(15)22(26)16-5-7-17(24)8-6-16/h5-11,27,35-36H,12-14H2,1-4H3. The Bertz CT molecular complexity index is 1260. The molecule has 2 atom stereocenters. The van der Waals surface area contributed by atoms with Crippen molar-refractivity contribution in [3.8, 4) is 5.75 Å². The number of hydrogen-bond donors (Lipinski definition) is 1. The summed E-state index contributed by atoms with van der Waals surface area (Å²) in [5, 5.41) is 12.6. The number of fused-ring (bicyclic) bond motifs is 1. The van der Waals surface area contributed by atoms with Gasteiger partial charge in [0.15, 0.2) is 0 Å². The van der Waals surface area contributed by atoms with Gasteiger partial charge in [-0.1, -0.05) is 11.6 Å². The third-order valence-electron chi connectivity index (χ3n) is 5.59. The number of ether oxygens (including phenoxy) is 1. The molecule has 2 aromatic carbocycles. The van der Waals surface area contributed by atoms with Crippen LogP contribution in [0.3, 0.4) is 0 Å². The largest absolute Gasteiger partial charge is 0.497 e. The number of carbonyl (C=O) groups excluding carboxylic acids is 1. The van der Waals surface area contributed by atoms with Crippen LogP contribution in [0.15, 0.2) is 42.5 Å². The Labute approximate surface area is 214 Å².